The summed E-state index contributed by atoms with van der Waals surface area (Å²) >= 11 is 0. The van der Waals surface area contributed by atoms with Gasteiger partial charge in [0.1, 0.15) is 0 Å². The molecule has 0 bridgehead atoms. The van der Waals surface area contributed by atoms with E-state index in [1.165, 1.54) is 6.20 Å². The quantitative estimate of drug-likeness (QED) is 0.557. The van der Waals surface area contributed by atoms with Crippen LogP contribution < -0.4 is 5.73 Å². The van der Waals surface area contributed by atoms with Crippen molar-refractivity contribution < 1.29 is 0 Å². The first-order valence-electron chi connectivity index (χ1n) is 1.92. The number of rotatable bonds is 0. The third kappa shape index (κ3) is 1.75. The van der Waals surface area contributed by atoms with E-state index in [2.05, 4.69) is 10.2 Å². The zero-order chi connectivity index (χ0) is 5.11. The molecule has 8 heavy (non-hydrogen) atoms. The van der Waals surface area contributed by atoms with Gasteiger partial charge in [-0.2, -0.15) is 10.2 Å². The number of anilines is 1. The minimum atomic E-state index is 0. The lowest BCUT2D eigenvalue weighted by Gasteiger charge is -1.82. The number of hydrogen-bond donors (Lipinski definition) is 1. The predicted molar refractivity (Wildman–Crippen MR) is 33.7 cm³/mol. The summed E-state index contributed by atoms with van der Waals surface area (Å²) in [7, 11) is 0. The fourth-order valence-corrected chi connectivity index (χ4v) is 0.301. The molecule has 0 amide bonds. The average molecular weight is 132 g/mol. The first kappa shape index (κ1) is 7.17. The van der Waals surface area contributed by atoms with Gasteiger partial charge in [-0.15, -0.1) is 12.4 Å². The van der Waals surface area contributed by atoms with E-state index in [1.807, 2.05) is 0 Å². The van der Waals surface area contributed by atoms with Crippen molar-refractivity contribution in [1.29, 1.82) is 0 Å². The first-order valence-corrected chi connectivity index (χ1v) is 1.92. The van der Waals surface area contributed by atoms with Crippen molar-refractivity contribution >= 4 is 18.1 Å². The Hall–Kier alpha value is -0.830. The normalized spacial score (nSPS) is 7.50. The second-order valence-corrected chi connectivity index (χ2v) is 1.18. The monoisotopic (exact) mass is 131 g/mol. The van der Waals surface area contributed by atoms with Crippen LogP contribution in [-0.4, -0.2) is 10.2 Å². The van der Waals surface area contributed by atoms with Gasteiger partial charge in [-0.25, -0.2) is 0 Å². The number of hydrogen-bond acceptors (Lipinski definition) is 3. The Balaban J connectivity index is 0.000000490. The van der Waals surface area contributed by atoms with Crippen LogP contribution in [0.5, 0.6) is 0 Å². The van der Waals surface area contributed by atoms with Crippen LogP contribution in [-0.2, 0) is 0 Å². The summed E-state index contributed by atoms with van der Waals surface area (Å²) in [5, 5.41) is 7.02. The van der Waals surface area contributed by atoms with E-state index in [0.717, 1.165) is 0 Å². The maximum atomic E-state index is 5.26. The van der Waals surface area contributed by atoms with Gasteiger partial charge in [0.2, 0.25) is 0 Å². The van der Waals surface area contributed by atoms with Gasteiger partial charge in [0.15, 0.2) is 0 Å². The van der Waals surface area contributed by atoms with Crippen molar-refractivity contribution in [2.24, 2.45) is 0 Å². The predicted octanol–water partition coefficient (Wildman–Crippen LogP) is 0.481. The van der Waals surface area contributed by atoms with Crippen LogP contribution in [0.25, 0.3) is 0 Å². The van der Waals surface area contributed by atoms with Gasteiger partial charge in [0.05, 0.1) is 18.1 Å². The SMILES string of the molecule is Cl.Nc1ccnnc1. The lowest BCUT2D eigenvalue weighted by atomic mass is 10.5. The summed E-state index contributed by atoms with van der Waals surface area (Å²) in [6.07, 6.45) is 3.05. The van der Waals surface area contributed by atoms with E-state index >= 15 is 0 Å². The molecule has 2 N–H and O–H groups in total. The van der Waals surface area contributed by atoms with Gasteiger partial charge >= 0.3 is 0 Å². The van der Waals surface area contributed by atoms with Gasteiger partial charge in [0, 0.05) is 0 Å². The highest BCUT2D eigenvalue weighted by molar-refractivity contribution is 5.85. The van der Waals surface area contributed by atoms with Crippen molar-refractivity contribution in [3.05, 3.63) is 18.5 Å². The van der Waals surface area contributed by atoms with Crippen LogP contribution in [0, 0.1) is 0 Å². The third-order valence-corrected chi connectivity index (χ3v) is 0.607. The number of nitrogens with zero attached hydrogens (tertiary/aromatic N) is 2. The molecule has 0 spiro atoms. The van der Waals surface area contributed by atoms with Crippen LogP contribution in [0.1, 0.15) is 0 Å². The number of halogens is 1. The highest BCUT2D eigenvalue weighted by Gasteiger charge is 1.74. The molecule has 0 fully saturated rings. The molecule has 0 saturated heterocycles. The molecule has 1 aromatic rings. The molecule has 0 unspecified atom stereocenters. The Morgan fingerprint density at radius 2 is 2.12 bits per heavy atom. The Labute approximate surface area is 53.3 Å². The van der Waals surface area contributed by atoms with Gasteiger partial charge in [-0.1, -0.05) is 0 Å². The van der Waals surface area contributed by atoms with Crippen LogP contribution >= 0.6 is 12.4 Å². The van der Waals surface area contributed by atoms with Gasteiger partial charge in [-0.05, 0) is 6.07 Å². The maximum Gasteiger partial charge on any atom is 0.0725 e. The minimum Gasteiger partial charge on any atom is -0.397 e. The van der Waals surface area contributed by atoms with Crippen molar-refractivity contribution in [1.82, 2.24) is 10.2 Å². The van der Waals surface area contributed by atoms with Crippen molar-refractivity contribution in [2.75, 3.05) is 5.73 Å². The topological polar surface area (TPSA) is 51.8 Å². The van der Waals surface area contributed by atoms with E-state index in [9.17, 15) is 0 Å². The summed E-state index contributed by atoms with van der Waals surface area (Å²) < 4.78 is 0. The summed E-state index contributed by atoms with van der Waals surface area (Å²) in [5.74, 6) is 0. The molecule has 1 rings (SSSR count). The standard InChI is InChI=1S/C4H5N3.ClH/c5-4-1-2-6-7-3-4;/h1-3H,(H2,5,6);1H. The fraction of sp³-hybridized carbons (Fsp3) is 0. The van der Waals surface area contributed by atoms with Gasteiger partial charge in [0.25, 0.3) is 0 Å². The molecule has 3 nitrogen and oxygen atoms in total. The highest BCUT2D eigenvalue weighted by Crippen LogP contribution is 1.89. The van der Waals surface area contributed by atoms with Crippen molar-refractivity contribution in [3.8, 4) is 0 Å². The molecule has 0 aliphatic rings. The second kappa shape index (κ2) is 3.21. The van der Waals surface area contributed by atoms with E-state index in [-0.39, 0.29) is 12.4 Å². The van der Waals surface area contributed by atoms with Crippen LogP contribution in [0.3, 0.4) is 0 Å². The summed E-state index contributed by atoms with van der Waals surface area (Å²) in [4.78, 5) is 0. The highest BCUT2D eigenvalue weighted by atomic mass is 35.5. The van der Waals surface area contributed by atoms with E-state index < -0.39 is 0 Å². The minimum absolute atomic E-state index is 0. The summed E-state index contributed by atoms with van der Waals surface area (Å²) in [6.45, 7) is 0. The molecule has 0 aromatic carbocycles. The van der Waals surface area contributed by atoms with Crippen molar-refractivity contribution in [2.45, 2.75) is 0 Å². The molecule has 1 aromatic heterocycles. The lowest BCUT2D eigenvalue weighted by Crippen LogP contribution is -1.85. The maximum absolute atomic E-state index is 5.26. The third-order valence-electron chi connectivity index (χ3n) is 0.607. The smallest absolute Gasteiger partial charge is 0.0725 e. The number of aromatic nitrogens is 2. The Bertz CT molecular complexity index is 141. The van der Waals surface area contributed by atoms with E-state index in [1.54, 1.807) is 12.3 Å². The fourth-order valence-electron chi connectivity index (χ4n) is 0.301. The molecule has 0 saturated carbocycles. The van der Waals surface area contributed by atoms with E-state index in [0.29, 0.717) is 5.69 Å². The Morgan fingerprint density at radius 3 is 2.38 bits per heavy atom. The first-order chi connectivity index (χ1) is 3.39. The largest absolute Gasteiger partial charge is 0.397 e. The van der Waals surface area contributed by atoms with Crippen LogP contribution in [0.2, 0.25) is 0 Å². The average Bonchev–Trinajstić information content (AvgIpc) is 1.69. The molecule has 0 aliphatic carbocycles. The zero-order valence-corrected chi connectivity index (χ0v) is 4.93. The molecule has 0 radical (unpaired) electrons. The lowest BCUT2D eigenvalue weighted by molar-refractivity contribution is 1.03. The van der Waals surface area contributed by atoms with E-state index in [4.69, 9.17) is 5.73 Å². The molecule has 1 heterocycles. The number of nitrogen functional groups attached to an aromatic ring is 1. The summed E-state index contributed by atoms with van der Waals surface area (Å²) in [6, 6.07) is 1.69. The second-order valence-electron chi connectivity index (χ2n) is 1.18. The molecule has 0 atom stereocenters. The Kier molecular flexibility index (Phi) is 2.88. The summed E-state index contributed by atoms with van der Waals surface area (Å²) in [5.41, 5.74) is 5.90. The Morgan fingerprint density at radius 1 is 1.38 bits per heavy atom. The molecular formula is C4H6ClN3. The molecule has 0 aliphatic heterocycles. The molecule has 4 heteroatoms. The van der Waals surface area contributed by atoms with Crippen LogP contribution in [0.15, 0.2) is 18.5 Å². The molecular weight excluding hydrogens is 126 g/mol. The van der Waals surface area contributed by atoms with Crippen molar-refractivity contribution in [3.63, 3.8) is 0 Å². The molecule has 44 valence electrons. The van der Waals surface area contributed by atoms with Gasteiger partial charge in [-0.3, -0.25) is 0 Å². The van der Waals surface area contributed by atoms with Crippen LogP contribution in [0.4, 0.5) is 5.69 Å². The number of nitrogens with two attached hydrogens (primary N) is 1. The zero-order valence-electron chi connectivity index (χ0n) is 4.11. The van der Waals surface area contributed by atoms with Gasteiger partial charge < -0.3 is 5.73 Å².